The first-order valence-corrected chi connectivity index (χ1v) is 11.1. The van der Waals surface area contributed by atoms with E-state index < -0.39 is 58.1 Å². The van der Waals surface area contributed by atoms with Crippen LogP contribution < -0.4 is 0 Å². The topological polar surface area (TPSA) is 224 Å². The summed E-state index contributed by atoms with van der Waals surface area (Å²) >= 11 is 0. The summed E-state index contributed by atoms with van der Waals surface area (Å²) in [5.41, 5.74) is -2.66. The van der Waals surface area contributed by atoms with Crippen LogP contribution in [0.2, 0.25) is 0 Å². The van der Waals surface area contributed by atoms with Gasteiger partial charge >= 0.3 is 35.8 Å². The van der Waals surface area contributed by atoms with E-state index in [-0.39, 0.29) is 35.1 Å². The summed E-state index contributed by atoms with van der Waals surface area (Å²) in [6.45, 7) is 0. The Labute approximate surface area is 209 Å². The van der Waals surface area contributed by atoms with E-state index >= 15 is 0 Å². The zero-order valence-electron chi connectivity index (χ0n) is 19.4. The molecule has 0 aromatic heterocycles. The highest BCUT2D eigenvalue weighted by Gasteiger charge is 2.24. The molecule has 37 heavy (non-hydrogen) atoms. The largest absolute Gasteiger partial charge is 0.478 e. The fourth-order valence-corrected chi connectivity index (χ4v) is 4.05. The molecule has 0 aliphatic heterocycles. The molecule has 0 spiro atoms. The highest BCUT2D eigenvalue weighted by atomic mass is 16.4. The van der Waals surface area contributed by atoms with Crippen molar-refractivity contribution >= 4 is 35.8 Å². The number of carboxylic acids is 6. The first-order chi connectivity index (χ1) is 17.3. The van der Waals surface area contributed by atoms with Crippen LogP contribution in [0.1, 0.15) is 105 Å². The van der Waals surface area contributed by atoms with Gasteiger partial charge in [-0.05, 0) is 61.1 Å². The van der Waals surface area contributed by atoms with Crippen LogP contribution in [0.5, 0.6) is 0 Å². The Hall–Kier alpha value is -4.74. The van der Waals surface area contributed by atoms with Crippen molar-refractivity contribution in [3.05, 3.63) is 68.8 Å². The van der Waals surface area contributed by atoms with E-state index in [4.69, 9.17) is 0 Å². The Morgan fingerprint density at radius 3 is 1.03 bits per heavy atom. The second-order valence-electron chi connectivity index (χ2n) is 8.21. The van der Waals surface area contributed by atoms with Gasteiger partial charge in [0.15, 0.2) is 0 Å². The van der Waals surface area contributed by atoms with Crippen LogP contribution in [-0.2, 0) is 12.8 Å². The number of hydrogen-bond acceptors (Lipinski definition) is 6. The lowest BCUT2D eigenvalue weighted by Crippen LogP contribution is -2.14. The number of benzene rings is 2. The molecule has 0 atom stereocenters. The lowest BCUT2D eigenvalue weighted by Gasteiger charge is -2.12. The molecule has 0 aliphatic carbocycles. The standard InChI is InChI=1S/C25H24O12/c26-20(27)14-8-12(18(24(34)35)16(10-14)22(30)31)6-4-2-1-3-5-7-13-9-15(21(28)29)11-17(23(32)33)19(13)25(36)37/h8-11H,1-7H2,(H,26,27)(H,28,29)(H,30,31)(H,32,33)(H,34,35)(H,36,37). The number of rotatable bonds is 14. The third-order valence-corrected chi connectivity index (χ3v) is 5.71. The minimum absolute atomic E-state index is 0.0857. The molecule has 2 aromatic carbocycles. The van der Waals surface area contributed by atoms with Crippen LogP contribution in [0.25, 0.3) is 0 Å². The third kappa shape index (κ3) is 7.13. The van der Waals surface area contributed by atoms with Gasteiger partial charge in [-0.3, -0.25) is 0 Å². The summed E-state index contributed by atoms with van der Waals surface area (Å²) in [5.74, 6) is -8.86. The van der Waals surface area contributed by atoms with Crippen molar-refractivity contribution in [3.8, 4) is 0 Å². The molecule has 0 saturated carbocycles. The van der Waals surface area contributed by atoms with E-state index in [0.29, 0.717) is 32.1 Å². The molecule has 0 radical (unpaired) electrons. The molecule has 0 heterocycles. The molecule has 0 amide bonds. The average molecular weight is 516 g/mol. The summed E-state index contributed by atoms with van der Waals surface area (Å²) in [7, 11) is 0. The zero-order chi connectivity index (χ0) is 27.9. The third-order valence-electron chi connectivity index (χ3n) is 5.71. The minimum atomic E-state index is -1.56. The maximum atomic E-state index is 11.6. The smallest absolute Gasteiger partial charge is 0.336 e. The van der Waals surface area contributed by atoms with Gasteiger partial charge in [0, 0.05) is 0 Å². The Morgan fingerprint density at radius 1 is 0.432 bits per heavy atom. The normalized spacial score (nSPS) is 10.6. The van der Waals surface area contributed by atoms with E-state index in [0.717, 1.165) is 24.3 Å². The predicted octanol–water partition coefficient (Wildman–Crippen LogP) is 3.61. The molecule has 12 nitrogen and oxygen atoms in total. The number of carboxylic acid groups (broad SMARTS) is 6. The second-order valence-corrected chi connectivity index (χ2v) is 8.21. The lowest BCUT2D eigenvalue weighted by atomic mass is 9.92. The zero-order valence-corrected chi connectivity index (χ0v) is 19.4. The first-order valence-electron chi connectivity index (χ1n) is 11.1. The summed E-state index contributed by atoms with van der Waals surface area (Å²) in [4.78, 5) is 68.8. The van der Waals surface area contributed by atoms with Crippen LogP contribution in [0.4, 0.5) is 0 Å². The van der Waals surface area contributed by atoms with Gasteiger partial charge in [0.05, 0.1) is 33.4 Å². The maximum Gasteiger partial charge on any atom is 0.336 e. The number of carbonyl (C=O) groups is 6. The summed E-state index contributed by atoms with van der Waals surface area (Å²) < 4.78 is 0. The monoisotopic (exact) mass is 516 g/mol. The van der Waals surface area contributed by atoms with Crippen LogP contribution in [0.15, 0.2) is 24.3 Å². The van der Waals surface area contributed by atoms with Crippen LogP contribution in [0, 0.1) is 0 Å². The Bertz CT molecular complexity index is 1180. The molecular formula is C25H24O12. The molecule has 2 rings (SSSR count). The summed E-state index contributed by atoms with van der Waals surface area (Å²) in [6.07, 6.45) is 2.78. The Kier molecular flexibility index (Phi) is 9.47. The maximum absolute atomic E-state index is 11.6. The van der Waals surface area contributed by atoms with Gasteiger partial charge in [0.2, 0.25) is 0 Å². The van der Waals surface area contributed by atoms with Gasteiger partial charge < -0.3 is 30.6 Å². The molecule has 196 valence electrons. The van der Waals surface area contributed by atoms with Crippen molar-refractivity contribution in [2.45, 2.75) is 44.9 Å². The van der Waals surface area contributed by atoms with Gasteiger partial charge in [-0.15, -0.1) is 0 Å². The molecule has 12 heteroatoms. The van der Waals surface area contributed by atoms with E-state index in [2.05, 4.69) is 0 Å². The minimum Gasteiger partial charge on any atom is -0.478 e. The molecular weight excluding hydrogens is 492 g/mol. The molecule has 0 aliphatic rings. The van der Waals surface area contributed by atoms with Gasteiger partial charge in [-0.1, -0.05) is 19.3 Å². The van der Waals surface area contributed by atoms with E-state index in [1.807, 2.05) is 0 Å². The van der Waals surface area contributed by atoms with Crippen LogP contribution in [0.3, 0.4) is 0 Å². The van der Waals surface area contributed by atoms with E-state index in [9.17, 15) is 59.4 Å². The number of aromatic carboxylic acids is 6. The van der Waals surface area contributed by atoms with Crippen molar-refractivity contribution in [1.82, 2.24) is 0 Å². The van der Waals surface area contributed by atoms with Crippen molar-refractivity contribution < 1.29 is 59.4 Å². The van der Waals surface area contributed by atoms with E-state index in [1.54, 1.807) is 0 Å². The van der Waals surface area contributed by atoms with Crippen LogP contribution >= 0.6 is 0 Å². The first kappa shape index (κ1) is 28.5. The fourth-order valence-electron chi connectivity index (χ4n) is 4.05. The molecule has 2 aromatic rings. The van der Waals surface area contributed by atoms with Gasteiger partial charge in [0.25, 0.3) is 0 Å². The van der Waals surface area contributed by atoms with Crippen molar-refractivity contribution in [3.63, 3.8) is 0 Å². The summed E-state index contributed by atoms with van der Waals surface area (Å²) in [5, 5.41) is 55.9. The SMILES string of the molecule is O=C(O)c1cc(CCCCCCCc2cc(C(=O)O)cc(C(=O)O)c2C(=O)O)c(C(=O)O)c(C(=O)O)c1. The lowest BCUT2D eigenvalue weighted by molar-refractivity contribution is 0.0647. The number of hydrogen-bond donors (Lipinski definition) is 6. The molecule has 0 fully saturated rings. The molecule has 0 saturated heterocycles. The number of unbranched alkanes of at least 4 members (excludes halogenated alkanes) is 4. The van der Waals surface area contributed by atoms with Crippen molar-refractivity contribution in [2.75, 3.05) is 0 Å². The Balaban J connectivity index is 2.05. The second kappa shape index (κ2) is 12.3. The fraction of sp³-hybridized carbons (Fsp3) is 0.280. The van der Waals surface area contributed by atoms with Crippen molar-refractivity contribution in [2.24, 2.45) is 0 Å². The number of aryl methyl sites for hydroxylation is 2. The van der Waals surface area contributed by atoms with Gasteiger partial charge in [-0.2, -0.15) is 0 Å². The quantitative estimate of drug-likeness (QED) is 0.198. The summed E-state index contributed by atoms with van der Waals surface area (Å²) in [6, 6.07) is 3.89. The van der Waals surface area contributed by atoms with Crippen molar-refractivity contribution in [1.29, 1.82) is 0 Å². The molecule has 6 N–H and O–H groups in total. The van der Waals surface area contributed by atoms with Gasteiger partial charge in [-0.25, -0.2) is 28.8 Å². The van der Waals surface area contributed by atoms with Gasteiger partial charge in [0.1, 0.15) is 0 Å². The molecule has 0 bridgehead atoms. The highest BCUT2D eigenvalue weighted by molar-refractivity contribution is 6.06. The van der Waals surface area contributed by atoms with E-state index in [1.165, 1.54) is 0 Å². The average Bonchev–Trinajstić information content (AvgIpc) is 2.81. The predicted molar refractivity (Wildman–Crippen MR) is 125 cm³/mol. The van der Waals surface area contributed by atoms with Crippen LogP contribution in [-0.4, -0.2) is 66.5 Å². The highest BCUT2D eigenvalue weighted by Crippen LogP contribution is 2.23. The molecule has 0 unspecified atom stereocenters. The Morgan fingerprint density at radius 2 is 0.757 bits per heavy atom.